The molecule has 0 saturated heterocycles. The highest BCUT2D eigenvalue weighted by Gasteiger charge is 2.55. The fourth-order valence-corrected chi connectivity index (χ4v) is 3.92. The van der Waals surface area contributed by atoms with Gasteiger partial charge in [-0.2, -0.15) is 0 Å². The van der Waals surface area contributed by atoms with Gasteiger partial charge in [-0.1, -0.05) is 71.5 Å². The van der Waals surface area contributed by atoms with Crippen LogP contribution in [0.1, 0.15) is 35.1 Å². The number of aryl methyl sites for hydroxylation is 2. The molecule has 0 radical (unpaired) electrons. The average molecular weight is 344 g/mol. The topological polar surface area (TPSA) is 40.5 Å². The molecule has 1 fully saturated rings. The monoisotopic (exact) mass is 344 g/mol. The summed E-state index contributed by atoms with van der Waals surface area (Å²) in [6.07, 6.45) is 13.0. The lowest BCUT2D eigenvalue weighted by molar-refractivity contribution is -0.118. The van der Waals surface area contributed by atoms with Gasteiger partial charge in [-0.15, -0.1) is 12.8 Å². The maximum Gasteiger partial charge on any atom is 0.153 e. The molecule has 0 unspecified atom stereocenters. The normalized spacial score (nSPS) is 23.6. The summed E-state index contributed by atoms with van der Waals surface area (Å²) in [7, 11) is 0. The Morgan fingerprint density at radius 1 is 0.731 bits per heavy atom. The lowest BCUT2D eigenvalue weighted by Gasteiger charge is -2.50. The van der Waals surface area contributed by atoms with Crippen LogP contribution in [-0.4, -0.2) is 10.2 Å². The minimum Gasteiger partial charge on any atom is -0.373 e. The van der Waals surface area contributed by atoms with Crippen molar-refractivity contribution in [3.8, 4) is 24.7 Å². The summed E-state index contributed by atoms with van der Waals surface area (Å²) in [5.74, 6) is 4.54. The molecule has 3 rings (SSSR count). The molecule has 2 aromatic rings. The van der Waals surface area contributed by atoms with Crippen LogP contribution in [0.3, 0.4) is 0 Å². The van der Waals surface area contributed by atoms with Crippen LogP contribution in [0, 0.1) is 50.4 Å². The van der Waals surface area contributed by atoms with E-state index in [0.717, 1.165) is 24.0 Å². The molecule has 0 amide bonds. The van der Waals surface area contributed by atoms with E-state index in [1.165, 1.54) is 0 Å². The fraction of sp³-hybridized carbons (Fsp3) is 0.333. The van der Waals surface area contributed by atoms with Crippen LogP contribution >= 0.6 is 0 Å². The molecule has 1 saturated carbocycles. The zero-order chi connectivity index (χ0) is 18.9. The third-order valence-electron chi connectivity index (χ3n) is 5.77. The molecule has 0 aliphatic heterocycles. The van der Waals surface area contributed by atoms with Gasteiger partial charge >= 0.3 is 0 Å². The highest BCUT2D eigenvalue weighted by Crippen LogP contribution is 2.53. The molecule has 2 nitrogen and oxygen atoms in total. The van der Waals surface area contributed by atoms with E-state index in [0.29, 0.717) is 11.1 Å². The maximum absolute atomic E-state index is 11.3. The zero-order valence-electron chi connectivity index (χ0n) is 15.2. The third-order valence-corrected chi connectivity index (χ3v) is 5.77. The van der Waals surface area contributed by atoms with Crippen LogP contribution in [0.4, 0.5) is 0 Å². The minimum atomic E-state index is -1.45. The van der Waals surface area contributed by atoms with Crippen molar-refractivity contribution in [2.45, 2.75) is 37.9 Å². The molecular formula is C24H24O2. The predicted octanol–water partition coefficient (Wildman–Crippen LogP) is 3.67. The second kappa shape index (κ2) is 6.65. The van der Waals surface area contributed by atoms with Crippen LogP contribution in [0.2, 0.25) is 0 Å². The van der Waals surface area contributed by atoms with Gasteiger partial charge in [-0.25, -0.2) is 0 Å². The van der Waals surface area contributed by atoms with Crippen molar-refractivity contribution in [1.82, 2.24) is 0 Å². The summed E-state index contributed by atoms with van der Waals surface area (Å²) in [6.45, 7) is 3.97. The van der Waals surface area contributed by atoms with Crippen LogP contribution < -0.4 is 0 Å². The van der Waals surface area contributed by atoms with E-state index in [1.807, 2.05) is 62.4 Å². The van der Waals surface area contributed by atoms with Crippen molar-refractivity contribution < 1.29 is 10.2 Å². The molecule has 1 aliphatic carbocycles. The molecule has 0 heterocycles. The third kappa shape index (κ3) is 2.82. The highest BCUT2D eigenvalue weighted by atomic mass is 16.3. The van der Waals surface area contributed by atoms with Gasteiger partial charge in [0.05, 0.1) is 0 Å². The molecule has 4 atom stereocenters. The quantitative estimate of drug-likeness (QED) is 0.831. The Bertz CT molecular complexity index is 791. The van der Waals surface area contributed by atoms with Gasteiger partial charge in [0, 0.05) is 11.8 Å². The van der Waals surface area contributed by atoms with Crippen molar-refractivity contribution in [1.29, 1.82) is 0 Å². The van der Waals surface area contributed by atoms with Gasteiger partial charge in [0.2, 0.25) is 0 Å². The molecule has 0 bridgehead atoms. The first-order valence-corrected chi connectivity index (χ1v) is 8.89. The van der Waals surface area contributed by atoms with E-state index < -0.39 is 11.2 Å². The Morgan fingerprint density at radius 2 is 1.04 bits per heavy atom. The molecule has 2 N–H and O–H groups in total. The SMILES string of the molecule is C#C[C@@](O)(c1ccc(C)cc1)[C@H]1CC[C@@H]1[C@](O)(C#C)c1ccc(C)cc1. The lowest BCUT2D eigenvalue weighted by Crippen LogP contribution is -2.52. The number of rotatable bonds is 4. The Labute approximate surface area is 155 Å². The van der Waals surface area contributed by atoms with E-state index in [9.17, 15) is 10.2 Å². The molecule has 0 spiro atoms. The number of hydrogen-bond acceptors (Lipinski definition) is 2. The van der Waals surface area contributed by atoms with Gasteiger partial charge in [0.25, 0.3) is 0 Å². The first-order valence-electron chi connectivity index (χ1n) is 8.89. The maximum atomic E-state index is 11.3. The second-order valence-electron chi connectivity index (χ2n) is 7.34. The Hall–Kier alpha value is -2.52. The zero-order valence-corrected chi connectivity index (χ0v) is 15.2. The van der Waals surface area contributed by atoms with Gasteiger partial charge in [0.15, 0.2) is 11.2 Å². The van der Waals surface area contributed by atoms with Crippen LogP contribution in [0.5, 0.6) is 0 Å². The van der Waals surface area contributed by atoms with Crippen molar-refractivity contribution in [3.63, 3.8) is 0 Å². The summed E-state index contributed by atoms with van der Waals surface area (Å²) in [6, 6.07) is 15.1. The smallest absolute Gasteiger partial charge is 0.153 e. The highest BCUT2D eigenvalue weighted by molar-refractivity contribution is 5.39. The molecule has 0 aromatic heterocycles. The molecular weight excluding hydrogens is 320 g/mol. The first-order chi connectivity index (χ1) is 12.3. The molecule has 1 aliphatic rings. The summed E-state index contributed by atoms with van der Waals surface area (Å²) < 4.78 is 0. The largest absolute Gasteiger partial charge is 0.373 e. The Kier molecular flexibility index (Phi) is 4.68. The summed E-state index contributed by atoms with van der Waals surface area (Å²) in [5.41, 5.74) is 0.626. The van der Waals surface area contributed by atoms with E-state index in [4.69, 9.17) is 12.8 Å². The fourth-order valence-electron chi connectivity index (χ4n) is 3.92. The van der Waals surface area contributed by atoms with Crippen molar-refractivity contribution in [2.24, 2.45) is 11.8 Å². The van der Waals surface area contributed by atoms with Crippen LogP contribution in [-0.2, 0) is 11.2 Å². The standard InChI is InChI=1S/C24H24O2/c1-5-23(25,19-11-7-17(3)8-12-19)21-15-16-22(21)24(26,6-2)20-13-9-18(4)10-14-20/h1-2,7-14,21-22,25-26H,15-16H2,3-4H3/t21-,22-,23-,24+/m0/s1. The minimum absolute atomic E-state index is 0.308. The first kappa shape index (κ1) is 18.3. The van der Waals surface area contributed by atoms with Crippen molar-refractivity contribution in [2.75, 3.05) is 0 Å². The Balaban J connectivity index is 1.99. The van der Waals surface area contributed by atoms with E-state index in [-0.39, 0.29) is 11.8 Å². The Morgan fingerprint density at radius 3 is 1.27 bits per heavy atom. The predicted molar refractivity (Wildman–Crippen MR) is 104 cm³/mol. The van der Waals surface area contributed by atoms with E-state index >= 15 is 0 Å². The number of hydrogen-bond donors (Lipinski definition) is 2. The average Bonchev–Trinajstić information content (AvgIpc) is 2.61. The summed E-state index contributed by atoms with van der Waals surface area (Å²) >= 11 is 0. The van der Waals surface area contributed by atoms with Gasteiger partial charge in [-0.05, 0) is 37.8 Å². The van der Waals surface area contributed by atoms with E-state index in [2.05, 4.69) is 11.8 Å². The van der Waals surface area contributed by atoms with Crippen molar-refractivity contribution >= 4 is 0 Å². The van der Waals surface area contributed by atoms with Crippen molar-refractivity contribution in [3.05, 3.63) is 70.8 Å². The molecule has 2 aromatic carbocycles. The van der Waals surface area contributed by atoms with E-state index in [1.54, 1.807) is 0 Å². The van der Waals surface area contributed by atoms with Gasteiger partial charge in [0.1, 0.15) is 0 Å². The summed E-state index contributed by atoms with van der Waals surface area (Å²) in [5, 5.41) is 22.6. The lowest BCUT2D eigenvalue weighted by atomic mass is 9.56. The molecule has 132 valence electrons. The number of terminal acetylenes is 2. The summed E-state index contributed by atoms with van der Waals surface area (Å²) in [4.78, 5) is 0. The van der Waals surface area contributed by atoms with Gasteiger partial charge in [-0.3, -0.25) is 0 Å². The second-order valence-corrected chi connectivity index (χ2v) is 7.34. The van der Waals surface area contributed by atoms with Gasteiger partial charge < -0.3 is 10.2 Å². The number of aliphatic hydroxyl groups is 2. The molecule has 26 heavy (non-hydrogen) atoms. The van der Waals surface area contributed by atoms with Crippen LogP contribution in [0.15, 0.2) is 48.5 Å². The molecule has 2 heteroatoms. The number of benzene rings is 2. The van der Waals surface area contributed by atoms with Crippen LogP contribution in [0.25, 0.3) is 0 Å².